The Hall–Kier alpha value is -1.91. The summed E-state index contributed by atoms with van der Waals surface area (Å²) in [5.41, 5.74) is 0.706. The minimum Gasteiger partial charge on any atom is -0.458 e. The fraction of sp³-hybridized carbons (Fsp3) is 0.588. The van der Waals surface area contributed by atoms with E-state index in [0.717, 1.165) is 6.42 Å². The first-order chi connectivity index (χ1) is 10.3. The maximum Gasteiger partial charge on any atom is 0.338 e. The lowest BCUT2D eigenvalue weighted by molar-refractivity contribution is -0.384. The van der Waals surface area contributed by atoms with Crippen LogP contribution in [0.4, 0.5) is 5.69 Å². The van der Waals surface area contributed by atoms with Gasteiger partial charge in [-0.3, -0.25) is 10.1 Å². The number of ether oxygens (including phenoxy) is 1. The first-order valence-corrected chi connectivity index (χ1v) is 7.76. The van der Waals surface area contributed by atoms with Crippen molar-refractivity contribution in [3.05, 3.63) is 39.9 Å². The van der Waals surface area contributed by atoms with Crippen molar-refractivity contribution < 1.29 is 14.5 Å². The summed E-state index contributed by atoms with van der Waals surface area (Å²) in [6.07, 6.45) is 2.11. The standard InChI is InChI=1S/C17H21NO4/c1-10-14-8-12(17(14,2)3)9-15(10)22-16(19)11-4-6-13(7-5-11)18(20)21/h4-7,10,12,14-15H,8-9H2,1-3H3/t10-,12+,14-,15-/m0/s1. The number of nitrogens with zero attached hydrogens (tertiary/aromatic N) is 1. The normalized spacial score (nSPS) is 32.0. The Balaban J connectivity index is 1.66. The van der Waals surface area contributed by atoms with E-state index in [1.165, 1.54) is 30.7 Å². The maximum atomic E-state index is 12.2. The molecular weight excluding hydrogens is 282 g/mol. The Morgan fingerprint density at radius 1 is 1.27 bits per heavy atom. The van der Waals surface area contributed by atoms with Gasteiger partial charge < -0.3 is 4.74 Å². The average Bonchev–Trinajstić information content (AvgIpc) is 2.48. The summed E-state index contributed by atoms with van der Waals surface area (Å²) >= 11 is 0. The summed E-state index contributed by atoms with van der Waals surface area (Å²) in [6, 6.07) is 5.58. The molecule has 1 aromatic rings. The lowest BCUT2D eigenvalue weighted by Gasteiger charge is -2.61. The first kappa shape index (κ1) is 15.0. The van der Waals surface area contributed by atoms with Crippen LogP contribution >= 0.6 is 0 Å². The molecule has 3 fully saturated rings. The molecule has 4 atom stereocenters. The topological polar surface area (TPSA) is 69.4 Å². The molecule has 3 saturated carbocycles. The van der Waals surface area contributed by atoms with Crippen molar-refractivity contribution in [3.63, 3.8) is 0 Å². The molecule has 118 valence electrons. The van der Waals surface area contributed by atoms with Crippen LogP contribution in [-0.4, -0.2) is 17.0 Å². The van der Waals surface area contributed by atoms with Crippen LogP contribution in [0.2, 0.25) is 0 Å². The molecule has 0 radical (unpaired) electrons. The van der Waals surface area contributed by atoms with Gasteiger partial charge in [0.1, 0.15) is 6.10 Å². The fourth-order valence-electron chi connectivity index (χ4n) is 4.18. The third-order valence-corrected chi connectivity index (χ3v) is 5.86. The lowest BCUT2D eigenvalue weighted by Crippen LogP contribution is -2.57. The predicted octanol–water partition coefficient (Wildman–Crippen LogP) is 3.82. The predicted molar refractivity (Wildman–Crippen MR) is 81.5 cm³/mol. The highest BCUT2D eigenvalue weighted by Gasteiger charge is 2.57. The molecule has 1 aromatic carbocycles. The SMILES string of the molecule is C[C@@H]1[C@@H](OC(=O)c2ccc([N+](=O)[O-])cc2)C[C@H]2C[C@@H]1C2(C)C. The molecule has 0 unspecified atom stereocenters. The smallest absolute Gasteiger partial charge is 0.338 e. The zero-order valence-electron chi connectivity index (χ0n) is 13.1. The number of carbonyl (C=O) groups is 1. The zero-order valence-corrected chi connectivity index (χ0v) is 13.1. The maximum absolute atomic E-state index is 12.2. The highest BCUT2D eigenvalue weighted by atomic mass is 16.6. The van der Waals surface area contributed by atoms with Crippen LogP contribution in [0.15, 0.2) is 24.3 Å². The third kappa shape index (κ3) is 2.28. The van der Waals surface area contributed by atoms with E-state index in [1.807, 2.05) is 0 Å². The number of fused-ring (bicyclic) bond motifs is 2. The van der Waals surface area contributed by atoms with Crippen molar-refractivity contribution in [1.82, 2.24) is 0 Å². The molecule has 0 aromatic heterocycles. The van der Waals surface area contributed by atoms with E-state index >= 15 is 0 Å². The van der Waals surface area contributed by atoms with Crippen LogP contribution in [0.3, 0.4) is 0 Å². The molecule has 0 saturated heterocycles. The summed E-state index contributed by atoms with van der Waals surface area (Å²) < 4.78 is 5.68. The molecule has 0 amide bonds. The molecule has 4 rings (SSSR count). The number of non-ortho nitro benzene ring substituents is 1. The first-order valence-electron chi connectivity index (χ1n) is 7.76. The van der Waals surface area contributed by atoms with Gasteiger partial charge in [0.15, 0.2) is 0 Å². The molecule has 5 nitrogen and oxygen atoms in total. The van der Waals surface area contributed by atoms with Crippen molar-refractivity contribution in [2.75, 3.05) is 0 Å². The Morgan fingerprint density at radius 3 is 2.41 bits per heavy atom. The highest BCUT2D eigenvalue weighted by Crippen LogP contribution is 2.61. The fourth-order valence-corrected chi connectivity index (χ4v) is 4.18. The molecule has 2 bridgehead atoms. The number of esters is 1. The quantitative estimate of drug-likeness (QED) is 0.483. The van der Waals surface area contributed by atoms with Gasteiger partial charge in [-0.15, -0.1) is 0 Å². The molecule has 0 N–H and O–H groups in total. The zero-order chi connectivity index (χ0) is 16.1. The Bertz CT molecular complexity index is 608. The second kappa shape index (κ2) is 5.07. The van der Waals surface area contributed by atoms with Gasteiger partial charge in [0.25, 0.3) is 5.69 Å². The van der Waals surface area contributed by atoms with Gasteiger partial charge in [0.05, 0.1) is 10.5 Å². The van der Waals surface area contributed by atoms with Gasteiger partial charge in [-0.05, 0) is 48.1 Å². The minimum absolute atomic E-state index is 0.0226. The molecule has 0 aliphatic heterocycles. The van der Waals surface area contributed by atoms with Crippen molar-refractivity contribution in [3.8, 4) is 0 Å². The van der Waals surface area contributed by atoms with Crippen LogP contribution < -0.4 is 0 Å². The van der Waals surface area contributed by atoms with Crippen molar-refractivity contribution in [2.45, 2.75) is 39.7 Å². The number of nitro groups is 1. The summed E-state index contributed by atoms with van der Waals surface area (Å²) in [5.74, 6) is 1.22. The minimum atomic E-state index is -0.478. The number of hydrogen-bond donors (Lipinski definition) is 0. The molecule has 0 spiro atoms. The number of nitro benzene ring substituents is 1. The molecule has 5 heteroatoms. The van der Waals surface area contributed by atoms with Crippen LogP contribution in [0.5, 0.6) is 0 Å². The molecule has 3 aliphatic rings. The van der Waals surface area contributed by atoms with Crippen molar-refractivity contribution in [2.24, 2.45) is 23.2 Å². The molecule has 3 aliphatic carbocycles. The van der Waals surface area contributed by atoms with Crippen LogP contribution in [0, 0.1) is 33.3 Å². The average molecular weight is 303 g/mol. The molecular formula is C17H21NO4. The van der Waals surface area contributed by atoms with Crippen molar-refractivity contribution >= 4 is 11.7 Å². The van der Waals surface area contributed by atoms with E-state index in [4.69, 9.17) is 4.74 Å². The Morgan fingerprint density at radius 2 is 1.91 bits per heavy atom. The summed E-state index contributed by atoms with van der Waals surface area (Å²) in [5, 5.41) is 10.6. The van der Waals surface area contributed by atoms with Crippen molar-refractivity contribution in [1.29, 1.82) is 0 Å². The Kier molecular flexibility index (Phi) is 3.46. The van der Waals surface area contributed by atoms with E-state index in [1.54, 1.807) is 0 Å². The van der Waals surface area contributed by atoms with Gasteiger partial charge in [0, 0.05) is 12.1 Å². The van der Waals surface area contributed by atoms with Gasteiger partial charge in [-0.1, -0.05) is 20.8 Å². The van der Waals surface area contributed by atoms with Crippen LogP contribution in [0.1, 0.15) is 44.0 Å². The second-order valence-electron chi connectivity index (χ2n) is 7.20. The van der Waals surface area contributed by atoms with E-state index < -0.39 is 4.92 Å². The number of rotatable bonds is 3. The summed E-state index contributed by atoms with van der Waals surface area (Å²) in [6.45, 7) is 6.77. The Labute approximate surface area is 129 Å². The number of hydrogen-bond acceptors (Lipinski definition) is 4. The van der Waals surface area contributed by atoms with E-state index in [-0.39, 0.29) is 17.8 Å². The third-order valence-electron chi connectivity index (χ3n) is 5.86. The van der Waals surface area contributed by atoms with E-state index in [0.29, 0.717) is 28.7 Å². The number of benzene rings is 1. The van der Waals surface area contributed by atoms with Gasteiger partial charge in [-0.25, -0.2) is 4.79 Å². The largest absolute Gasteiger partial charge is 0.458 e. The summed E-state index contributed by atoms with van der Waals surface area (Å²) in [4.78, 5) is 22.4. The van der Waals surface area contributed by atoms with Crippen LogP contribution in [-0.2, 0) is 4.74 Å². The highest BCUT2D eigenvalue weighted by molar-refractivity contribution is 5.89. The molecule has 0 heterocycles. The lowest BCUT2D eigenvalue weighted by atomic mass is 9.45. The number of carbonyl (C=O) groups excluding carboxylic acids is 1. The monoisotopic (exact) mass is 303 g/mol. The summed E-state index contributed by atoms with van der Waals surface area (Å²) in [7, 11) is 0. The molecule has 22 heavy (non-hydrogen) atoms. The van der Waals surface area contributed by atoms with Gasteiger partial charge in [-0.2, -0.15) is 0 Å². The van der Waals surface area contributed by atoms with Crippen LogP contribution in [0.25, 0.3) is 0 Å². The van der Waals surface area contributed by atoms with Gasteiger partial charge >= 0.3 is 5.97 Å². The van der Waals surface area contributed by atoms with Gasteiger partial charge in [0.2, 0.25) is 0 Å². The van der Waals surface area contributed by atoms with E-state index in [9.17, 15) is 14.9 Å². The van der Waals surface area contributed by atoms with E-state index in [2.05, 4.69) is 20.8 Å². The second-order valence-corrected chi connectivity index (χ2v) is 7.20.